The number of aromatic nitrogens is 3. The van der Waals surface area contributed by atoms with Gasteiger partial charge in [0.15, 0.2) is 5.75 Å². The van der Waals surface area contributed by atoms with Crippen LogP contribution in [0, 0.1) is 10.1 Å². The Bertz CT molecular complexity index is 1470. The lowest BCUT2D eigenvalue weighted by Crippen LogP contribution is -2.32. The van der Waals surface area contributed by atoms with Crippen molar-refractivity contribution in [3.63, 3.8) is 0 Å². The van der Waals surface area contributed by atoms with E-state index in [0.717, 1.165) is 10.9 Å². The molecule has 0 fully saturated rings. The Labute approximate surface area is 195 Å². The third kappa shape index (κ3) is 4.36. The van der Waals surface area contributed by atoms with Gasteiger partial charge in [-0.3, -0.25) is 14.9 Å². The number of pyridine rings is 1. The lowest BCUT2D eigenvalue weighted by Gasteiger charge is -2.10. The van der Waals surface area contributed by atoms with E-state index in [-0.39, 0.29) is 11.6 Å². The van der Waals surface area contributed by atoms with Crippen LogP contribution in [0.3, 0.4) is 0 Å². The van der Waals surface area contributed by atoms with Crippen molar-refractivity contribution in [3.8, 4) is 11.6 Å². The topological polar surface area (TPSA) is 132 Å². The van der Waals surface area contributed by atoms with Crippen LogP contribution in [0.2, 0.25) is 0 Å². The standard InChI is InChI=1S/C20H11Br2N5O5/c21-14-7-11(8-15(22)18(14)32-17-6-5-12(10-23-17)27(30)31)9-24-26-19(28)13-3-1-2-4-16(13)25-20(26)29/h1-10H,(H,25,29). The quantitative estimate of drug-likeness (QED) is 0.221. The van der Waals surface area contributed by atoms with Crippen molar-refractivity contribution >= 4 is 54.7 Å². The third-order valence-corrected chi connectivity index (χ3v) is 5.44. The second-order valence-corrected chi connectivity index (χ2v) is 8.07. The fourth-order valence-electron chi connectivity index (χ4n) is 2.78. The highest BCUT2D eigenvalue weighted by atomic mass is 79.9. The predicted molar refractivity (Wildman–Crippen MR) is 125 cm³/mol. The van der Waals surface area contributed by atoms with E-state index in [2.05, 4.69) is 46.9 Å². The molecule has 0 aliphatic heterocycles. The average molecular weight is 561 g/mol. The Morgan fingerprint density at radius 2 is 1.84 bits per heavy atom. The summed E-state index contributed by atoms with van der Waals surface area (Å²) in [7, 11) is 0. The van der Waals surface area contributed by atoms with E-state index in [1.54, 1.807) is 36.4 Å². The molecule has 0 saturated carbocycles. The first-order valence-electron chi connectivity index (χ1n) is 8.89. The van der Waals surface area contributed by atoms with Crippen LogP contribution in [0.25, 0.3) is 10.9 Å². The molecule has 0 saturated heterocycles. The van der Waals surface area contributed by atoms with E-state index in [0.29, 0.717) is 31.2 Å². The van der Waals surface area contributed by atoms with Gasteiger partial charge < -0.3 is 9.72 Å². The van der Waals surface area contributed by atoms with Crippen molar-refractivity contribution < 1.29 is 9.66 Å². The molecule has 4 aromatic rings. The molecular weight excluding hydrogens is 550 g/mol. The van der Waals surface area contributed by atoms with Gasteiger partial charge in [-0.25, -0.2) is 9.78 Å². The molecule has 0 unspecified atom stereocenters. The lowest BCUT2D eigenvalue weighted by molar-refractivity contribution is -0.385. The molecule has 0 spiro atoms. The van der Waals surface area contributed by atoms with Crippen LogP contribution in [-0.4, -0.2) is 25.8 Å². The zero-order chi connectivity index (χ0) is 22.8. The number of aromatic amines is 1. The number of hydrogen-bond acceptors (Lipinski definition) is 7. The first-order valence-corrected chi connectivity index (χ1v) is 10.5. The Hall–Kier alpha value is -3.64. The van der Waals surface area contributed by atoms with Crippen molar-refractivity contribution in [2.45, 2.75) is 0 Å². The van der Waals surface area contributed by atoms with Crippen LogP contribution in [0.5, 0.6) is 11.6 Å². The lowest BCUT2D eigenvalue weighted by atomic mass is 10.2. The maximum absolute atomic E-state index is 12.6. The summed E-state index contributed by atoms with van der Waals surface area (Å²) in [5, 5.41) is 15.1. The molecule has 0 amide bonds. The summed E-state index contributed by atoms with van der Waals surface area (Å²) in [5.41, 5.74) is -0.357. The Morgan fingerprint density at radius 3 is 2.50 bits per heavy atom. The van der Waals surface area contributed by atoms with Crippen LogP contribution in [-0.2, 0) is 0 Å². The number of halogens is 2. The number of nitro groups is 1. The van der Waals surface area contributed by atoms with Crippen molar-refractivity contribution in [2.24, 2.45) is 5.10 Å². The number of ether oxygens (including phenoxy) is 1. The number of rotatable bonds is 5. The minimum absolute atomic E-state index is 0.152. The molecule has 12 heteroatoms. The summed E-state index contributed by atoms with van der Waals surface area (Å²) in [6.45, 7) is 0. The molecule has 0 aliphatic carbocycles. The van der Waals surface area contributed by atoms with Crippen LogP contribution in [0.15, 0.2) is 78.4 Å². The van der Waals surface area contributed by atoms with Gasteiger partial charge in [0, 0.05) is 12.1 Å². The minimum Gasteiger partial charge on any atom is -0.437 e. The van der Waals surface area contributed by atoms with Crippen molar-refractivity contribution in [1.82, 2.24) is 14.6 Å². The van der Waals surface area contributed by atoms with Gasteiger partial charge in [0.25, 0.3) is 11.2 Å². The largest absolute Gasteiger partial charge is 0.437 e. The second kappa shape index (κ2) is 8.85. The summed E-state index contributed by atoms with van der Waals surface area (Å²) < 4.78 is 7.49. The number of nitrogens with zero attached hydrogens (tertiary/aromatic N) is 4. The molecule has 0 bridgehead atoms. The SMILES string of the molecule is O=c1[nH]c2ccccc2c(=O)n1N=Cc1cc(Br)c(Oc2ccc([N+](=O)[O-])cn2)c(Br)c1. The normalized spacial score (nSPS) is 11.2. The zero-order valence-electron chi connectivity index (χ0n) is 15.9. The summed E-state index contributed by atoms with van der Waals surface area (Å²) in [4.78, 5) is 41.5. The minimum atomic E-state index is -0.660. The molecule has 4 rings (SSSR count). The molecule has 2 aromatic heterocycles. The van der Waals surface area contributed by atoms with Gasteiger partial charge in [-0.05, 0) is 61.7 Å². The van der Waals surface area contributed by atoms with Gasteiger partial charge in [0.05, 0.1) is 31.0 Å². The van der Waals surface area contributed by atoms with E-state index < -0.39 is 16.2 Å². The van der Waals surface area contributed by atoms with Gasteiger partial charge in [-0.15, -0.1) is 4.68 Å². The summed E-state index contributed by atoms with van der Waals surface area (Å²) in [5.74, 6) is 0.539. The molecule has 10 nitrogen and oxygen atoms in total. The Kier molecular flexibility index (Phi) is 5.97. The molecular formula is C20H11Br2N5O5. The van der Waals surface area contributed by atoms with Gasteiger partial charge in [-0.2, -0.15) is 5.10 Å². The van der Waals surface area contributed by atoms with E-state index in [4.69, 9.17) is 4.74 Å². The molecule has 0 radical (unpaired) electrons. The van der Waals surface area contributed by atoms with Crippen LogP contribution < -0.4 is 16.0 Å². The van der Waals surface area contributed by atoms with Crippen molar-refractivity contribution in [3.05, 3.63) is 100 Å². The summed E-state index contributed by atoms with van der Waals surface area (Å²) in [6.07, 6.45) is 2.45. The molecule has 160 valence electrons. The van der Waals surface area contributed by atoms with Crippen molar-refractivity contribution in [1.29, 1.82) is 0 Å². The molecule has 1 N–H and O–H groups in total. The highest BCUT2D eigenvalue weighted by Crippen LogP contribution is 2.37. The smallest absolute Gasteiger partial charge is 0.349 e. The van der Waals surface area contributed by atoms with Crippen LogP contribution in [0.4, 0.5) is 5.69 Å². The van der Waals surface area contributed by atoms with Crippen LogP contribution >= 0.6 is 31.9 Å². The van der Waals surface area contributed by atoms with E-state index in [1.165, 1.54) is 18.3 Å². The Balaban J connectivity index is 1.63. The maximum atomic E-state index is 12.6. The number of hydrogen-bond donors (Lipinski definition) is 1. The fraction of sp³-hybridized carbons (Fsp3) is 0. The highest BCUT2D eigenvalue weighted by molar-refractivity contribution is 9.11. The molecule has 32 heavy (non-hydrogen) atoms. The van der Waals surface area contributed by atoms with Gasteiger partial charge in [-0.1, -0.05) is 12.1 Å². The summed E-state index contributed by atoms with van der Waals surface area (Å²) in [6, 6.07) is 12.6. The number of fused-ring (bicyclic) bond motifs is 1. The molecule has 0 aliphatic rings. The monoisotopic (exact) mass is 559 g/mol. The predicted octanol–water partition coefficient (Wildman–Crippen LogP) is 4.19. The number of nitrogens with one attached hydrogen (secondary N) is 1. The van der Waals surface area contributed by atoms with Gasteiger partial charge >= 0.3 is 5.69 Å². The van der Waals surface area contributed by atoms with E-state index in [1.807, 2.05) is 0 Å². The van der Waals surface area contributed by atoms with Crippen LogP contribution in [0.1, 0.15) is 5.56 Å². The average Bonchev–Trinajstić information content (AvgIpc) is 2.76. The fourth-order valence-corrected chi connectivity index (χ4v) is 4.16. The van der Waals surface area contributed by atoms with E-state index >= 15 is 0 Å². The second-order valence-electron chi connectivity index (χ2n) is 6.36. The Morgan fingerprint density at radius 1 is 1.12 bits per heavy atom. The van der Waals surface area contributed by atoms with Gasteiger partial charge in [0.2, 0.25) is 5.88 Å². The highest BCUT2D eigenvalue weighted by Gasteiger charge is 2.13. The number of H-pyrrole nitrogens is 1. The van der Waals surface area contributed by atoms with E-state index in [9.17, 15) is 19.7 Å². The first kappa shape index (κ1) is 21.6. The summed E-state index contributed by atoms with van der Waals surface area (Å²) >= 11 is 6.78. The number of para-hydroxylation sites is 1. The van der Waals surface area contributed by atoms with Crippen molar-refractivity contribution in [2.75, 3.05) is 0 Å². The molecule has 0 atom stereocenters. The zero-order valence-corrected chi connectivity index (χ0v) is 19.0. The molecule has 2 heterocycles. The maximum Gasteiger partial charge on any atom is 0.349 e. The first-order chi connectivity index (χ1) is 15.3. The number of benzene rings is 2. The van der Waals surface area contributed by atoms with Gasteiger partial charge in [0.1, 0.15) is 6.20 Å². The molecule has 2 aromatic carbocycles. The third-order valence-electron chi connectivity index (χ3n) is 4.26.